The van der Waals surface area contributed by atoms with Crippen molar-refractivity contribution in [2.75, 3.05) is 19.0 Å². The Bertz CT molecular complexity index is 1290. The molecule has 0 fully saturated rings. The largest absolute Gasteiger partial charge is 0.378 e. The summed E-state index contributed by atoms with van der Waals surface area (Å²) in [6.07, 6.45) is 2.77. The van der Waals surface area contributed by atoms with Crippen molar-refractivity contribution in [1.82, 2.24) is 10.7 Å². The second-order valence-corrected chi connectivity index (χ2v) is 7.94. The van der Waals surface area contributed by atoms with Gasteiger partial charge >= 0.3 is 0 Å². The van der Waals surface area contributed by atoms with E-state index < -0.39 is 16.7 Å². The lowest BCUT2D eigenvalue weighted by Gasteiger charge is -2.12. The molecule has 3 rings (SSSR count). The molecule has 9 nitrogen and oxygen atoms in total. The summed E-state index contributed by atoms with van der Waals surface area (Å²) in [7, 11) is 3.83. The van der Waals surface area contributed by atoms with E-state index in [0.29, 0.717) is 16.7 Å². The van der Waals surface area contributed by atoms with Gasteiger partial charge in [-0.1, -0.05) is 48.0 Å². The number of hydrogen-bond donors (Lipinski definition) is 2. The van der Waals surface area contributed by atoms with E-state index in [-0.39, 0.29) is 16.4 Å². The second-order valence-electron chi connectivity index (χ2n) is 7.53. The number of nitro benzene ring substituents is 1. The molecular formula is C25H22ClN5O4. The zero-order chi connectivity index (χ0) is 25.4. The van der Waals surface area contributed by atoms with Gasteiger partial charge in [-0.15, -0.1) is 0 Å². The molecule has 0 aliphatic carbocycles. The van der Waals surface area contributed by atoms with Gasteiger partial charge in [-0.05, 0) is 42.0 Å². The van der Waals surface area contributed by atoms with Crippen LogP contribution in [0.5, 0.6) is 0 Å². The van der Waals surface area contributed by atoms with E-state index in [9.17, 15) is 19.7 Å². The Labute approximate surface area is 206 Å². The summed E-state index contributed by atoms with van der Waals surface area (Å²) < 4.78 is 0. The Morgan fingerprint density at radius 1 is 1.00 bits per heavy atom. The third-order valence-electron chi connectivity index (χ3n) is 4.80. The van der Waals surface area contributed by atoms with Crippen LogP contribution in [0.4, 0.5) is 11.4 Å². The number of hydrazone groups is 1. The number of carbonyl (C=O) groups excluding carboxylic acids is 2. The van der Waals surface area contributed by atoms with Gasteiger partial charge in [0.15, 0.2) is 0 Å². The smallest absolute Gasteiger partial charge is 0.288 e. The summed E-state index contributed by atoms with van der Waals surface area (Å²) in [5.41, 5.74) is 4.43. The van der Waals surface area contributed by atoms with Gasteiger partial charge in [0.25, 0.3) is 17.5 Å². The number of halogens is 1. The highest BCUT2D eigenvalue weighted by atomic mass is 35.5. The third kappa shape index (κ3) is 6.99. The zero-order valence-electron chi connectivity index (χ0n) is 18.9. The number of amides is 2. The number of nitrogens with one attached hydrogen (secondary N) is 2. The molecule has 0 aliphatic rings. The van der Waals surface area contributed by atoms with E-state index in [1.54, 1.807) is 30.3 Å². The third-order valence-corrected chi connectivity index (χ3v) is 5.12. The maximum absolute atomic E-state index is 12.9. The van der Waals surface area contributed by atoms with Gasteiger partial charge in [-0.25, -0.2) is 5.43 Å². The van der Waals surface area contributed by atoms with Gasteiger partial charge < -0.3 is 10.2 Å². The normalized spacial score (nSPS) is 11.2. The van der Waals surface area contributed by atoms with Crippen molar-refractivity contribution in [2.45, 2.75) is 0 Å². The molecular weight excluding hydrogens is 470 g/mol. The maximum atomic E-state index is 12.9. The highest BCUT2D eigenvalue weighted by molar-refractivity contribution is 6.32. The fraction of sp³-hybridized carbons (Fsp3) is 0.0800. The van der Waals surface area contributed by atoms with Crippen LogP contribution in [0.25, 0.3) is 6.08 Å². The molecule has 35 heavy (non-hydrogen) atoms. The van der Waals surface area contributed by atoms with Crippen LogP contribution in [0, 0.1) is 10.1 Å². The Balaban J connectivity index is 1.82. The van der Waals surface area contributed by atoms with Gasteiger partial charge in [0.2, 0.25) is 0 Å². The number of rotatable bonds is 8. The molecule has 0 saturated heterocycles. The molecule has 3 aromatic carbocycles. The Kier molecular flexibility index (Phi) is 8.31. The molecule has 0 bridgehead atoms. The van der Waals surface area contributed by atoms with E-state index in [1.807, 2.05) is 43.3 Å². The van der Waals surface area contributed by atoms with Crippen molar-refractivity contribution in [3.63, 3.8) is 0 Å². The quantitative estimate of drug-likeness (QED) is 0.211. The van der Waals surface area contributed by atoms with Crippen molar-refractivity contribution in [3.8, 4) is 0 Å². The van der Waals surface area contributed by atoms with Crippen LogP contribution in [-0.2, 0) is 4.79 Å². The summed E-state index contributed by atoms with van der Waals surface area (Å²) in [6.45, 7) is 0. The predicted octanol–water partition coefficient (Wildman–Crippen LogP) is 4.24. The first kappa shape index (κ1) is 25.1. The molecule has 0 unspecified atom stereocenters. The number of benzene rings is 3. The molecule has 0 aromatic heterocycles. The van der Waals surface area contributed by atoms with E-state index >= 15 is 0 Å². The number of anilines is 1. The van der Waals surface area contributed by atoms with Crippen LogP contribution in [-0.4, -0.2) is 37.0 Å². The molecule has 3 aromatic rings. The number of nitrogens with zero attached hydrogens (tertiary/aromatic N) is 3. The summed E-state index contributed by atoms with van der Waals surface area (Å²) in [4.78, 5) is 37.9. The molecule has 0 radical (unpaired) electrons. The van der Waals surface area contributed by atoms with E-state index in [1.165, 1.54) is 30.5 Å². The van der Waals surface area contributed by atoms with Crippen molar-refractivity contribution in [3.05, 3.63) is 110 Å². The molecule has 178 valence electrons. The van der Waals surface area contributed by atoms with Crippen molar-refractivity contribution >= 4 is 47.1 Å². The molecule has 2 N–H and O–H groups in total. The SMILES string of the molecule is CN(C)c1ccc(/C=C(\NC(=O)c2ccccc2)C(=O)N/N=C\c2ccc(Cl)c([N+](=O)[O-])c2)cc1. The molecule has 2 amide bonds. The monoisotopic (exact) mass is 491 g/mol. The van der Waals surface area contributed by atoms with Gasteiger partial charge in [0, 0.05) is 37.0 Å². The van der Waals surface area contributed by atoms with Crippen molar-refractivity contribution < 1.29 is 14.5 Å². The topological polar surface area (TPSA) is 117 Å². The molecule has 0 spiro atoms. The fourth-order valence-corrected chi connectivity index (χ4v) is 3.14. The van der Waals surface area contributed by atoms with Crippen LogP contribution >= 0.6 is 11.6 Å². The molecule has 0 saturated carbocycles. The minimum atomic E-state index is -0.675. The van der Waals surface area contributed by atoms with Crippen molar-refractivity contribution in [2.24, 2.45) is 5.10 Å². The minimum absolute atomic E-state index is 0.00897. The highest BCUT2D eigenvalue weighted by Crippen LogP contribution is 2.24. The average Bonchev–Trinajstić information content (AvgIpc) is 2.85. The first-order valence-corrected chi connectivity index (χ1v) is 10.7. The molecule has 0 heterocycles. The summed E-state index contributed by atoms with van der Waals surface area (Å²) in [5, 5.41) is 17.5. The predicted molar refractivity (Wildman–Crippen MR) is 136 cm³/mol. The van der Waals surface area contributed by atoms with Gasteiger partial charge in [-0.2, -0.15) is 5.10 Å². The standard InChI is InChI=1S/C25H22ClN5O4/c1-30(2)20-11-8-17(9-12-20)14-22(28-24(32)19-6-4-3-5-7-19)25(33)29-27-16-18-10-13-21(26)23(15-18)31(34)35/h3-16H,1-2H3,(H,28,32)(H,29,33)/b22-14-,27-16-. The van der Waals surface area contributed by atoms with Crippen LogP contribution in [0.2, 0.25) is 5.02 Å². The molecule has 10 heteroatoms. The van der Waals surface area contributed by atoms with Crippen LogP contribution < -0.4 is 15.6 Å². The number of hydrogen-bond acceptors (Lipinski definition) is 6. The lowest BCUT2D eigenvalue weighted by atomic mass is 10.1. The zero-order valence-corrected chi connectivity index (χ0v) is 19.7. The maximum Gasteiger partial charge on any atom is 0.288 e. The lowest BCUT2D eigenvalue weighted by molar-refractivity contribution is -0.384. The van der Waals surface area contributed by atoms with Crippen LogP contribution in [0.3, 0.4) is 0 Å². The molecule has 0 aliphatic heterocycles. The minimum Gasteiger partial charge on any atom is -0.378 e. The Hall–Kier alpha value is -4.50. The van der Waals surface area contributed by atoms with Crippen LogP contribution in [0.1, 0.15) is 21.5 Å². The van der Waals surface area contributed by atoms with Gasteiger partial charge in [-0.3, -0.25) is 19.7 Å². The van der Waals surface area contributed by atoms with Gasteiger partial charge in [0.1, 0.15) is 10.7 Å². The van der Waals surface area contributed by atoms with Crippen LogP contribution in [0.15, 0.2) is 83.6 Å². The van der Waals surface area contributed by atoms with Gasteiger partial charge in [0.05, 0.1) is 11.1 Å². The average molecular weight is 492 g/mol. The summed E-state index contributed by atoms with van der Waals surface area (Å²) in [5.74, 6) is -1.14. The Morgan fingerprint density at radius 3 is 2.29 bits per heavy atom. The number of carbonyl (C=O) groups is 2. The first-order valence-electron chi connectivity index (χ1n) is 10.4. The molecule has 0 atom stereocenters. The van der Waals surface area contributed by atoms with E-state index in [4.69, 9.17) is 11.6 Å². The van der Waals surface area contributed by atoms with E-state index in [0.717, 1.165) is 5.69 Å². The fourth-order valence-electron chi connectivity index (χ4n) is 2.95. The number of nitro groups is 1. The van der Waals surface area contributed by atoms with Crippen molar-refractivity contribution in [1.29, 1.82) is 0 Å². The Morgan fingerprint density at radius 2 is 1.66 bits per heavy atom. The summed E-state index contributed by atoms with van der Waals surface area (Å²) >= 11 is 5.81. The highest BCUT2D eigenvalue weighted by Gasteiger charge is 2.15. The van der Waals surface area contributed by atoms with E-state index in [2.05, 4.69) is 15.8 Å². The first-order chi connectivity index (χ1) is 16.7. The lowest BCUT2D eigenvalue weighted by Crippen LogP contribution is -2.32. The summed E-state index contributed by atoms with van der Waals surface area (Å²) in [6, 6.07) is 20.0. The second kappa shape index (κ2) is 11.6.